The van der Waals surface area contributed by atoms with Crippen molar-refractivity contribution in [2.75, 3.05) is 0 Å². The summed E-state index contributed by atoms with van der Waals surface area (Å²) in [5, 5.41) is 9.78. The smallest absolute Gasteiger partial charge is 0.337 e. The molecule has 0 fully saturated rings. The Hall–Kier alpha value is -1.61. The van der Waals surface area contributed by atoms with Crippen molar-refractivity contribution in [2.45, 2.75) is 5.88 Å². The molecule has 1 heterocycles. The van der Waals surface area contributed by atoms with Crippen LogP contribution in [-0.4, -0.2) is 16.1 Å². The minimum Gasteiger partial charge on any atom is -0.478 e. The van der Waals surface area contributed by atoms with Gasteiger partial charge in [0.25, 0.3) is 0 Å². The molecule has 76 valence electrons. The number of halogens is 1. The van der Waals surface area contributed by atoms with Crippen LogP contribution in [0.2, 0.25) is 0 Å². The number of hydrogen-bond acceptors (Lipinski definition) is 2. The number of alkyl halides is 1. The van der Waals surface area contributed by atoms with Crippen molar-refractivity contribution in [3.8, 4) is 0 Å². The lowest BCUT2D eigenvalue weighted by Crippen LogP contribution is -1.99. The summed E-state index contributed by atoms with van der Waals surface area (Å²) >= 11 is 5.65. The molecular weight excluding hydrogens is 214 g/mol. The van der Waals surface area contributed by atoms with Crippen molar-refractivity contribution in [2.24, 2.45) is 0 Å². The van der Waals surface area contributed by atoms with Crippen molar-refractivity contribution in [1.82, 2.24) is 4.98 Å². The summed E-state index contributed by atoms with van der Waals surface area (Å²) in [5.41, 5.74) is 1.38. The van der Waals surface area contributed by atoms with Crippen molar-refractivity contribution in [3.05, 3.63) is 41.6 Å². The molecule has 0 saturated carbocycles. The highest BCUT2D eigenvalue weighted by Gasteiger charge is 2.09. The van der Waals surface area contributed by atoms with Crippen molar-refractivity contribution < 1.29 is 9.90 Å². The molecule has 2 aromatic rings. The van der Waals surface area contributed by atoms with Gasteiger partial charge in [-0.15, -0.1) is 11.6 Å². The number of pyridine rings is 1. The van der Waals surface area contributed by atoms with Gasteiger partial charge in [-0.3, -0.25) is 4.98 Å². The zero-order valence-electron chi connectivity index (χ0n) is 7.77. The van der Waals surface area contributed by atoms with Gasteiger partial charge < -0.3 is 5.11 Å². The fourth-order valence-electron chi connectivity index (χ4n) is 1.43. The highest BCUT2D eigenvalue weighted by atomic mass is 35.5. The lowest BCUT2D eigenvalue weighted by atomic mass is 10.1. The van der Waals surface area contributed by atoms with Gasteiger partial charge in [0.05, 0.1) is 22.7 Å². The number of para-hydroxylation sites is 1. The quantitative estimate of drug-likeness (QED) is 0.794. The Balaban J connectivity index is 2.76. The Morgan fingerprint density at radius 2 is 2.13 bits per heavy atom. The molecule has 1 aromatic carbocycles. The summed E-state index contributed by atoms with van der Waals surface area (Å²) in [6, 6.07) is 8.68. The lowest BCUT2D eigenvalue weighted by Gasteiger charge is -2.02. The van der Waals surface area contributed by atoms with Gasteiger partial charge in [0.1, 0.15) is 0 Å². The maximum Gasteiger partial charge on any atom is 0.337 e. The van der Waals surface area contributed by atoms with Gasteiger partial charge in [0.2, 0.25) is 0 Å². The first-order valence-corrected chi connectivity index (χ1v) is 4.93. The number of nitrogens with zero attached hydrogens (tertiary/aromatic N) is 1. The van der Waals surface area contributed by atoms with E-state index in [1.165, 1.54) is 6.07 Å². The van der Waals surface area contributed by atoms with Crippen LogP contribution < -0.4 is 0 Å². The molecule has 0 aliphatic carbocycles. The molecule has 0 aliphatic heterocycles. The molecule has 0 bridgehead atoms. The van der Waals surface area contributed by atoms with E-state index in [2.05, 4.69) is 4.98 Å². The standard InChI is InChI=1S/C11H8ClNO2/c12-6-8-5-4-7-2-1-3-9(11(14)15)10(7)13-8/h1-5H,6H2,(H,14,15). The minimum atomic E-state index is -0.972. The second-order valence-electron chi connectivity index (χ2n) is 3.12. The summed E-state index contributed by atoms with van der Waals surface area (Å²) in [7, 11) is 0. The van der Waals surface area contributed by atoms with Gasteiger partial charge >= 0.3 is 5.97 Å². The molecule has 0 unspecified atom stereocenters. The van der Waals surface area contributed by atoms with E-state index in [0.717, 1.165) is 5.39 Å². The third-order valence-corrected chi connectivity index (χ3v) is 2.42. The average molecular weight is 222 g/mol. The number of carboxylic acid groups (broad SMARTS) is 1. The molecule has 3 nitrogen and oxygen atoms in total. The first kappa shape index (κ1) is 9.93. The summed E-state index contributed by atoms with van der Waals surface area (Å²) in [6.07, 6.45) is 0. The van der Waals surface area contributed by atoms with Crippen LogP contribution in [0.5, 0.6) is 0 Å². The molecule has 0 spiro atoms. The Labute approximate surface area is 91.3 Å². The number of aromatic carboxylic acids is 1. The molecule has 4 heteroatoms. The van der Waals surface area contributed by atoms with E-state index in [4.69, 9.17) is 16.7 Å². The summed E-state index contributed by atoms with van der Waals surface area (Å²) in [4.78, 5) is 15.1. The Bertz CT molecular complexity index is 525. The third-order valence-electron chi connectivity index (χ3n) is 2.15. The molecule has 1 N–H and O–H groups in total. The van der Waals surface area contributed by atoms with Crippen LogP contribution in [0.3, 0.4) is 0 Å². The molecule has 0 atom stereocenters. The van der Waals surface area contributed by atoms with Crippen LogP contribution in [0.25, 0.3) is 10.9 Å². The van der Waals surface area contributed by atoms with E-state index in [1.807, 2.05) is 12.1 Å². The largest absolute Gasteiger partial charge is 0.478 e. The fourth-order valence-corrected chi connectivity index (χ4v) is 1.58. The van der Waals surface area contributed by atoms with Crippen molar-refractivity contribution in [3.63, 3.8) is 0 Å². The first-order valence-electron chi connectivity index (χ1n) is 4.40. The highest BCUT2D eigenvalue weighted by Crippen LogP contribution is 2.17. The Morgan fingerprint density at radius 1 is 1.33 bits per heavy atom. The van der Waals surface area contributed by atoms with Crippen LogP contribution in [-0.2, 0) is 5.88 Å². The molecular formula is C11H8ClNO2. The number of benzene rings is 1. The van der Waals surface area contributed by atoms with Gasteiger partial charge in [-0.05, 0) is 12.1 Å². The maximum atomic E-state index is 10.9. The second-order valence-corrected chi connectivity index (χ2v) is 3.39. The molecule has 1 aromatic heterocycles. The SMILES string of the molecule is O=C(O)c1cccc2ccc(CCl)nc12. The van der Waals surface area contributed by atoms with E-state index < -0.39 is 5.97 Å². The number of rotatable bonds is 2. The Kier molecular flexibility index (Phi) is 2.56. The molecule has 2 rings (SSSR count). The van der Waals surface area contributed by atoms with E-state index in [1.54, 1.807) is 12.1 Å². The summed E-state index contributed by atoms with van der Waals surface area (Å²) in [5.74, 6) is -0.691. The maximum absolute atomic E-state index is 10.9. The number of hydrogen-bond donors (Lipinski definition) is 1. The van der Waals surface area contributed by atoms with E-state index in [0.29, 0.717) is 11.2 Å². The average Bonchev–Trinajstić information content (AvgIpc) is 2.27. The zero-order valence-corrected chi connectivity index (χ0v) is 8.53. The minimum absolute atomic E-state index is 0.208. The summed E-state index contributed by atoms with van der Waals surface area (Å²) < 4.78 is 0. The molecule has 15 heavy (non-hydrogen) atoms. The number of carbonyl (C=O) groups is 1. The topological polar surface area (TPSA) is 50.2 Å². The lowest BCUT2D eigenvalue weighted by molar-refractivity contribution is 0.0699. The van der Waals surface area contributed by atoms with Crippen LogP contribution >= 0.6 is 11.6 Å². The van der Waals surface area contributed by atoms with Gasteiger partial charge in [-0.1, -0.05) is 18.2 Å². The van der Waals surface area contributed by atoms with Crippen molar-refractivity contribution in [1.29, 1.82) is 0 Å². The first-order chi connectivity index (χ1) is 7.22. The van der Waals surface area contributed by atoms with Gasteiger partial charge in [-0.25, -0.2) is 4.79 Å². The zero-order chi connectivity index (χ0) is 10.8. The summed E-state index contributed by atoms with van der Waals surface area (Å²) in [6.45, 7) is 0. The van der Waals surface area contributed by atoms with Gasteiger partial charge in [0.15, 0.2) is 0 Å². The van der Waals surface area contributed by atoms with Gasteiger partial charge in [-0.2, -0.15) is 0 Å². The van der Waals surface area contributed by atoms with E-state index in [9.17, 15) is 4.79 Å². The molecule has 0 aliphatic rings. The van der Waals surface area contributed by atoms with E-state index >= 15 is 0 Å². The van der Waals surface area contributed by atoms with Crippen LogP contribution in [0.4, 0.5) is 0 Å². The van der Waals surface area contributed by atoms with Crippen LogP contribution in [0, 0.1) is 0 Å². The number of carboxylic acids is 1. The monoisotopic (exact) mass is 221 g/mol. The normalized spacial score (nSPS) is 10.5. The number of aromatic nitrogens is 1. The van der Waals surface area contributed by atoms with Crippen LogP contribution in [0.15, 0.2) is 30.3 Å². The number of fused-ring (bicyclic) bond motifs is 1. The predicted octanol–water partition coefficient (Wildman–Crippen LogP) is 2.67. The molecule has 0 amide bonds. The molecule has 0 radical (unpaired) electrons. The van der Waals surface area contributed by atoms with Crippen LogP contribution in [0.1, 0.15) is 16.1 Å². The van der Waals surface area contributed by atoms with Gasteiger partial charge in [0, 0.05) is 5.39 Å². The predicted molar refractivity (Wildman–Crippen MR) is 58.3 cm³/mol. The second kappa shape index (κ2) is 3.87. The fraction of sp³-hybridized carbons (Fsp3) is 0.0909. The highest BCUT2D eigenvalue weighted by molar-refractivity contribution is 6.17. The van der Waals surface area contributed by atoms with Crippen molar-refractivity contribution >= 4 is 28.5 Å². The van der Waals surface area contributed by atoms with E-state index in [-0.39, 0.29) is 11.4 Å². The molecule has 0 saturated heterocycles. The Morgan fingerprint density at radius 3 is 2.80 bits per heavy atom. The third kappa shape index (κ3) is 1.78.